The van der Waals surface area contributed by atoms with Crippen LogP contribution in [0, 0.1) is 11.8 Å². The van der Waals surface area contributed by atoms with Gasteiger partial charge in [0, 0.05) is 0 Å². The third-order valence-corrected chi connectivity index (χ3v) is 2.56. The van der Waals surface area contributed by atoms with E-state index in [1.807, 2.05) is 0 Å². The van der Waals surface area contributed by atoms with Crippen LogP contribution in [0.1, 0.15) is 33.1 Å². The van der Waals surface area contributed by atoms with Crippen molar-refractivity contribution in [3.63, 3.8) is 0 Å². The van der Waals surface area contributed by atoms with Gasteiger partial charge < -0.3 is 0 Å². The lowest BCUT2D eigenvalue weighted by Gasteiger charge is -2.13. The van der Waals surface area contributed by atoms with Gasteiger partial charge in [-0.05, 0) is 24.7 Å². The Balaban J connectivity index is 2.44. The second kappa shape index (κ2) is 2.68. The van der Waals surface area contributed by atoms with E-state index in [9.17, 15) is 4.39 Å². The highest BCUT2D eigenvalue weighted by Gasteiger charge is 2.31. The topological polar surface area (TPSA) is 0 Å². The second-order valence-corrected chi connectivity index (χ2v) is 3.14. The minimum absolute atomic E-state index is 0.366. The van der Waals surface area contributed by atoms with Crippen LogP contribution in [0.3, 0.4) is 0 Å². The van der Waals surface area contributed by atoms with Gasteiger partial charge in [-0.3, -0.25) is 0 Å². The highest BCUT2D eigenvalue weighted by molar-refractivity contribution is 4.81. The van der Waals surface area contributed by atoms with Crippen LogP contribution in [0.4, 0.5) is 4.39 Å². The van der Waals surface area contributed by atoms with Crippen molar-refractivity contribution in [1.29, 1.82) is 0 Å². The SMILES string of the molecule is CCC1C(C)CCC1F. The third kappa shape index (κ3) is 1.25. The summed E-state index contributed by atoms with van der Waals surface area (Å²) in [5.74, 6) is 0.995. The zero-order valence-electron chi connectivity index (χ0n) is 6.23. The molecule has 0 bridgehead atoms. The minimum atomic E-state index is -0.495. The zero-order valence-corrected chi connectivity index (χ0v) is 6.23. The molecule has 54 valence electrons. The number of alkyl halides is 1. The number of halogens is 1. The van der Waals surface area contributed by atoms with Crippen LogP contribution in [-0.2, 0) is 0 Å². The quantitative estimate of drug-likeness (QED) is 0.512. The summed E-state index contributed by atoms with van der Waals surface area (Å²) in [7, 11) is 0. The molecule has 1 rings (SSSR count). The summed E-state index contributed by atoms with van der Waals surface area (Å²) >= 11 is 0. The molecule has 0 aromatic carbocycles. The molecular weight excluding hydrogens is 115 g/mol. The molecule has 1 aliphatic rings. The Morgan fingerprint density at radius 3 is 2.33 bits per heavy atom. The largest absolute Gasteiger partial charge is 0.247 e. The van der Waals surface area contributed by atoms with Crippen LogP contribution in [0.25, 0.3) is 0 Å². The van der Waals surface area contributed by atoms with Gasteiger partial charge in [-0.25, -0.2) is 4.39 Å². The number of rotatable bonds is 1. The Morgan fingerprint density at radius 2 is 2.11 bits per heavy atom. The fourth-order valence-electron chi connectivity index (χ4n) is 1.86. The van der Waals surface area contributed by atoms with Gasteiger partial charge in [-0.15, -0.1) is 0 Å². The molecule has 0 amide bonds. The lowest BCUT2D eigenvalue weighted by molar-refractivity contribution is 0.231. The first-order valence-electron chi connectivity index (χ1n) is 3.89. The molecule has 0 aliphatic heterocycles. The average Bonchev–Trinajstić information content (AvgIpc) is 2.12. The lowest BCUT2D eigenvalue weighted by Crippen LogP contribution is -2.11. The van der Waals surface area contributed by atoms with E-state index in [-0.39, 0.29) is 0 Å². The van der Waals surface area contributed by atoms with Crippen molar-refractivity contribution in [3.05, 3.63) is 0 Å². The number of hydrogen-bond acceptors (Lipinski definition) is 0. The van der Waals surface area contributed by atoms with Gasteiger partial charge in [0.25, 0.3) is 0 Å². The van der Waals surface area contributed by atoms with Gasteiger partial charge in [0.15, 0.2) is 0 Å². The molecule has 1 aliphatic carbocycles. The van der Waals surface area contributed by atoms with Crippen molar-refractivity contribution < 1.29 is 4.39 Å². The summed E-state index contributed by atoms with van der Waals surface area (Å²) in [6, 6.07) is 0. The molecule has 3 unspecified atom stereocenters. The van der Waals surface area contributed by atoms with Gasteiger partial charge in [0.1, 0.15) is 6.17 Å². The molecule has 0 saturated heterocycles. The van der Waals surface area contributed by atoms with Crippen LogP contribution in [-0.4, -0.2) is 6.17 Å². The van der Waals surface area contributed by atoms with Crippen molar-refractivity contribution in [3.8, 4) is 0 Å². The van der Waals surface area contributed by atoms with Crippen molar-refractivity contribution in [2.24, 2.45) is 11.8 Å². The first-order valence-corrected chi connectivity index (χ1v) is 3.89. The number of hydrogen-bond donors (Lipinski definition) is 0. The molecule has 0 aromatic rings. The maximum Gasteiger partial charge on any atom is 0.103 e. The fourth-order valence-corrected chi connectivity index (χ4v) is 1.86. The third-order valence-electron chi connectivity index (χ3n) is 2.56. The first kappa shape index (κ1) is 7.04. The molecule has 0 spiro atoms. The van der Waals surface area contributed by atoms with E-state index in [0.717, 1.165) is 19.3 Å². The van der Waals surface area contributed by atoms with E-state index in [0.29, 0.717) is 11.8 Å². The van der Waals surface area contributed by atoms with E-state index < -0.39 is 6.17 Å². The van der Waals surface area contributed by atoms with E-state index in [4.69, 9.17) is 0 Å². The Kier molecular flexibility index (Phi) is 2.09. The molecule has 0 N–H and O–H groups in total. The molecule has 0 radical (unpaired) electrons. The van der Waals surface area contributed by atoms with Crippen molar-refractivity contribution >= 4 is 0 Å². The van der Waals surface area contributed by atoms with Crippen LogP contribution in [0.2, 0.25) is 0 Å². The van der Waals surface area contributed by atoms with Crippen LogP contribution >= 0.6 is 0 Å². The minimum Gasteiger partial charge on any atom is -0.247 e. The standard InChI is InChI=1S/C8H15F/c1-3-7-6(2)4-5-8(7)9/h6-8H,3-5H2,1-2H3. The van der Waals surface area contributed by atoms with Gasteiger partial charge in [0.2, 0.25) is 0 Å². The van der Waals surface area contributed by atoms with Crippen molar-refractivity contribution in [1.82, 2.24) is 0 Å². The average molecular weight is 130 g/mol. The zero-order chi connectivity index (χ0) is 6.85. The van der Waals surface area contributed by atoms with Gasteiger partial charge in [-0.2, -0.15) is 0 Å². The highest BCUT2D eigenvalue weighted by Crippen LogP contribution is 2.35. The van der Waals surface area contributed by atoms with Gasteiger partial charge in [-0.1, -0.05) is 20.3 Å². The molecule has 3 atom stereocenters. The maximum absolute atomic E-state index is 12.8. The van der Waals surface area contributed by atoms with Gasteiger partial charge in [0.05, 0.1) is 0 Å². The Morgan fingerprint density at radius 1 is 1.44 bits per heavy atom. The van der Waals surface area contributed by atoms with Crippen LogP contribution < -0.4 is 0 Å². The predicted octanol–water partition coefficient (Wildman–Crippen LogP) is 2.78. The summed E-state index contributed by atoms with van der Waals surface area (Å²) in [5.41, 5.74) is 0. The highest BCUT2D eigenvalue weighted by atomic mass is 19.1. The molecule has 0 aromatic heterocycles. The van der Waals surface area contributed by atoms with Crippen molar-refractivity contribution in [2.45, 2.75) is 39.3 Å². The van der Waals surface area contributed by atoms with E-state index >= 15 is 0 Å². The molecular formula is C8H15F. The summed E-state index contributed by atoms with van der Waals surface area (Å²) in [6.45, 7) is 4.24. The monoisotopic (exact) mass is 130 g/mol. The van der Waals surface area contributed by atoms with E-state index in [1.54, 1.807) is 0 Å². The summed E-state index contributed by atoms with van der Waals surface area (Å²) < 4.78 is 12.8. The van der Waals surface area contributed by atoms with Crippen LogP contribution in [0.5, 0.6) is 0 Å². The van der Waals surface area contributed by atoms with E-state index in [2.05, 4.69) is 13.8 Å². The second-order valence-electron chi connectivity index (χ2n) is 3.14. The molecule has 0 heterocycles. The van der Waals surface area contributed by atoms with Crippen molar-refractivity contribution in [2.75, 3.05) is 0 Å². The molecule has 9 heavy (non-hydrogen) atoms. The summed E-state index contributed by atoms with van der Waals surface area (Å²) in [6.07, 6.45) is 2.42. The summed E-state index contributed by atoms with van der Waals surface area (Å²) in [4.78, 5) is 0. The molecule has 1 saturated carbocycles. The predicted molar refractivity (Wildman–Crippen MR) is 37.1 cm³/mol. The van der Waals surface area contributed by atoms with Crippen LogP contribution in [0.15, 0.2) is 0 Å². The Hall–Kier alpha value is -0.0700. The first-order chi connectivity index (χ1) is 4.25. The summed E-state index contributed by atoms with van der Waals surface area (Å²) in [5, 5.41) is 0. The van der Waals surface area contributed by atoms with Gasteiger partial charge >= 0.3 is 0 Å². The smallest absolute Gasteiger partial charge is 0.103 e. The maximum atomic E-state index is 12.8. The normalized spacial score (nSPS) is 43.7. The molecule has 1 heteroatoms. The Bertz CT molecular complexity index is 80.6. The molecule has 0 nitrogen and oxygen atoms in total. The Labute approximate surface area is 56.5 Å². The van der Waals surface area contributed by atoms with E-state index in [1.165, 1.54) is 0 Å². The lowest BCUT2D eigenvalue weighted by atomic mass is 9.95. The fraction of sp³-hybridized carbons (Fsp3) is 1.00. The molecule has 1 fully saturated rings.